The minimum atomic E-state index is -0.655. The number of anilines is 1. The topological polar surface area (TPSA) is 98.0 Å². The first-order valence-electron chi connectivity index (χ1n) is 11.8. The summed E-state index contributed by atoms with van der Waals surface area (Å²) in [5, 5.41) is 0. The van der Waals surface area contributed by atoms with Gasteiger partial charge in [0, 0.05) is 37.8 Å². The van der Waals surface area contributed by atoms with E-state index in [1.807, 2.05) is 13.1 Å². The van der Waals surface area contributed by atoms with E-state index in [4.69, 9.17) is 15.2 Å². The lowest BCUT2D eigenvalue weighted by molar-refractivity contribution is -0.123. The molecule has 3 aromatic rings. The molecule has 5 rings (SSSR count). The molecule has 2 N–H and O–H groups in total. The second kappa shape index (κ2) is 10.1. The molecule has 1 saturated heterocycles. The van der Waals surface area contributed by atoms with Gasteiger partial charge in [0.1, 0.15) is 28.6 Å². The van der Waals surface area contributed by atoms with E-state index in [1.54, 1.807) is 65.7 Å². The highest BCUT2D eigenvalue weighted by molar-refractivity contribution is 5.96. The van der Waals surface area contributed by atoms with Crippen LogP contribution in [-0.4, -0.2) is 41.3 Å². The fraction of sp³-hybridized carbons (Fsp3) is 0.179. The Hall–Kier alpha value is -4.66. The third-order valence-electron chi connectivity index (χ3n) is 6.21. The summed E-state index contributed by atoms with van der Waals surface area (Å²) in [6, 6.07) is 14.2. The van der Waals surface area contributed by atoms with E-state index >= 15 is 0 Å². The largest absolute Gasteiger partial charge is 0.457 e. The number of aromatic nitrogens is 1. The zero-order valence-corrected chi connectivity index (χ0v) is 20.1. The van der Waals surface area contributed by atoms with E-state index < -0.39 is 5.91 Å². The molecule has 1 aromatic heterocycles. The van der Waals surface area contributed by atoms with E-state index in [-0.39, 0.29) is 29.1 Å². The van der Waals surface area contributed by atoms with Gasteiger partial charge in [-0.3, -0.25) is 9.59 Å². The molecule has 2 amide bonds. The predicted molar refractivity (Wildman–Crippen MR) is 136 cm³/mol. The van der Waals surface area contributed by atoms with Crippen LogP contribution in [0.1, 0.15) is 17.3 Å². The van der Waals surface area contributed by atoms with Crippen LogP contribution in [-0.2, 0) is 4.79 Å². The Morgan fingerprint density at radius 3 is 2.49 bits per heavy atom. The fourth-order valence-corrected chi connectivity index (χ4v) is 4.42. The lowest BCUT2D eigenvalue weighted by Gasteiger charge is -2.21. The van der Waals surface area contributed by atoms with Gasteiger partial charge in [-0.1, -0.05) is 12.1 Å². The van der Waals surface area contributed by atoms with Gasteiger partial charge in [0.15, 0.2) is 0 Å². The van der Waals surface area contributed by atoms with E-state index in [0.29, 0.717) is 36.9 Å². The van der Waals surface area contributed by atoms with Crippen molar-refractivity contribution in [2.24, 2.45) is 11.7 Å². The Kier molecular flexibility index (Phi) is 6.59. The van der Waals surface area contributed by atoms with Crippen molar-refractivity contribution >= 4 is 17.5 Å². The van der Waals surface area contributed by atoms with E-state index in [0.717, 1.165) is 5.69 Å². The Labute approximate surface area is 213 Å². The van der Waals surface area contributed by atoms with Crippen LogP contribution in [0, 0.1) is 11.7 Å². The number of allylic oxidation sites excluding steroid dienone is 1. The van der Waals surface area contributed by atoms with Crippen LogP contribution in [0.2, 0.25) is 0 Å². The Bertz CT molecular complexity index is 1400. The van der Waals surface area contributed by atoms with Gasteiger partial charge < -0.3 is 25.0 Å². The van der Waals surface area contributed by atoms with Crippen molar-refractivity contribution in [1.29, 1.82) is 0 Å². The zero-order valence-electron chi connectivity index (χ0n) is 20.1. The fourth-order valence-electron chi connectivity index (χ4n) is 4.42. The molecule has 1 unspecified atom stereocenters. The molecular formula is C28H25FN4O4. The molecule has 0 radical (unpaired) electrons. The van der Waals surface area contributed by atoms with Crippen molar-refractivity contribution in [2.75, 3.05) is 24.5 Å². The third kappa shape index (κ3) is 5.30. The second-order valence-electron chi connectivity index (χ2n) is 8.82. The lowest BCUT2D eigenvalue weighted by Crippen LogP contribution is -2.29. The Morgan fingerprint density at radius 1 is 1.05 bits per heavy atom. The quantitative estimate of drug-likeness (QED) is 0.475. The molecule has 2 aliphatic rings. The van der Waals surface area contributed by atoms with Crippen LogP contribution >= 0.6 is 0 Å². The monoisotopic (exact) mass is 500 g/mol. The van der Waals surface area contributed by atoms with Gasteiger partial charge in [-0.25, -0.2) is 9.37 Å². The number of pyridine rings is 1. The SMILES string of the molecule is CC=CC(=O)N1C=C2CN(c3cnc(Oc4ccc(Oc5cccc(F)c5)cc4)c(C(N)=O)c3)CC2C1. The summed E-state index contributed by atoms with van der Waals surface area (Å²) in [6.07, 6.45) is 6.85. The number of fused-ring (bicyclic) bond motifs is 1. The molecule has 9 heteroatoms. The number of primary amides is 1. The van der Waals surface area contributed by atoms with Crippen molar-refractivity contribution in [3.8, 4) is 23.1 Å². The minimum Gasteiger partial charge on any atom is -0.457 e. The number of rotatable bonds is 7. The van der Waals surface area contributed by atoms with Gasteiger partial charge >= 0.3 is 0 Å². The molecule has 2 aliphatic heterocycles. The van der Waals surface area contributed by atoms with Gasteiger partial charge in [0.2, 0.25) is 11.8 Å². The first-order chi connectivity index (χ1) is 17.9. The van der Waals surface area contributed by atoms with Crippen LogP contribution in [0.4, 0.5) is 10.1 Å². The van der Waals surface area contributed by atoms with E-state index in [9.17, 15) is 14.0 Å². The number of nitrogens with two attached hydrogens (primary N) is 1. The number of nitrogens with zero attached hydrogens (tertiary/aromatic N) is 3. The minimum absolute atomic E-state index is 0.0244. The normalized spacial score (nSPS) is 16.6. The highest BCUT2D eigenvalue weighted by atomic mass is 19.1. The number of carbonyl (C=O) groups excluding carboxylic acids is 2. The standard InChI is InChI=1S/C28H25FN4O4/c1-2-4-26(34)33-16-18-14-32(15-19(18)17-33)21-12-25(27(30)35)28(31-13-21)37-23-9-7-22(8-10-23)36-24-6-3-5-20(29)11-24/h2-13,16,19H,14-15,17H2,1H3,(H2,30,35). The number of benzene rings is 2. The van der Waals surface area contributed by atoms with E-state index in [2.05, 4.69) is 9.88 Å². The second-order valence-corrected chi connectivity index (χ2v) is 8.82. The van der Waals surface area contributed by atoms with Gasteiger partial charge in [0.05, 0.1) is 11.9 Å². The number of ether oxygens (including phenoxy) is 2. The van der Waals surface area contributed by atoms with E-state index in [1.165, 1.54) is 17.7 Å². The number of halogens is 1. The van der Waals surface area contributed by atoms with Crippen LogP contribution < -0.4 is 20.1 Å². The summed E-state index contributed by atoms with van der Waals surface area (Å²) in [5.41, 5.74) is 7.72. The first kappa shape index (κ1) is 24.1. The first-order valence-corrected chi connectivity index (χ1v) is 11.8. The summed E-state index contributed by atoms with van der Waals surface area (Å²) in [7, 11) is 0. The molecule has 1 atom stereocenters. The average molecular weight is 501 g/mol. The smallest absolute Gasteiger partial charge is 0.254 e. The molecular weight excluding hydrogens is 475 g/mol. The molecule has 0 saturated carbocycles. The van der Waals surface area contributed by atoms with Crippen LogP contribution in [0.3, 0.4) is 0 Å². The van der Waals surface area contributed by atoms with Gasteiger partial charge in [-0.05, 0) is 61.0 Å². The molecule has 0 aliphatic carbocycles. The molecule has 2 aromatic carbocycles. The maximum Gasteiger partial charge on any atom is 0.254 e. The molecule has 37 heavy (non-hydrogen) atoms. The van der Waals surface area contributed by atoms with Crippen molar-refractivity contribution in [3.63, 3.8) is 0 Å². The Balaban J connectivity index is 1.28. The van der Waals surface area contributed by atoms with Crippen LogP contribution in [0.5, 0.6) is 23.1 Å². The number of carbonyl (C=O) groups is 2. The van der Waals surface area contributed by atoms with Crippen molar-refractivity contribution in [3.05, 3.63) is 96.1 Å². The van der Waals surface area contributed by atoms with Gasteiger partial charge in [0.25, 0.3) is 5.91 Å². The molecule has 3 heterocycles. The molecule has 0 spiro atoms. The van der Waals surface area contributed by atoms with Crippen LogP contribution in [0.25, 0.3) is 0 Å². The number of amides is 2. The van der Waals surface area contributed by atoms with Crippen molar-refractivity contribution < 1.29 is 23.5 Å². The Morgan fingerprint density at radius 2 is 1.81 bits per heavy atom. The van der Waals surface area contributed by atoms with Gasteiger partial charge in [-0.2, -0.15) is 0 Å². The average Bonchev–Trinajstić information content (AvgIpc) is 3.45. The summed E-state index contributed by atoms with van der Waals surface area (Å²) in [4.78, 5) is 32.6. The highest BCUT2D eigenvalue weighted by Crippen LogP contribution is 2.35. The molecule has 0 bridgehead atoms. The predicted octanol–water partition coefficient (Wildman–Crippen LogP) is 4.64. The summed E-state index contributed by atoms with van der Waals surface area (Å²) < 4.78 is 24.9. The van der Waals surface area contributed by atoms with Crippen molar-refractivity contribution in [1.82, 2.24) is 9.88 Å². The molecule has 188 valence electrons. The highest BCUT2D eigenvalue weighted by Gasteiger charge is 2.35. The molecule has 8 nitrogen and oxygen atoms in total. The number of hydrogen-bond donors (Lipinski definition) is 1. The van der Waals surface area contributed by atoms with Crippen molar-refractivity contribution in [2.45, 2.75) is 6.92 Å². The summed E-state index contributed by atoms with van der Waals surface area (Å²) in [6.45, 7) is 3.79. The van der Waals surface area contributed by atoms with Gasteiger partial charge in [-0.15, -0.1) is 0 Å². The lowest BCUT2D eigenvalue weighted by atomic mass is 10.1. The zero-order chi connectivity index (χ0) is 25.9. The summed E-state index contributed by atoms with van der Waals surface area (Å²) >= 11 is 0. The maximum atomic E-state index is 13.4. The number of hydrogen-bond acceptors (Lipinski definition) is 6. The third-order valence-corrected chi connectivity index (χ3v) is 6.21. The maximum absolute atomic E-state index is 13.4. The van der Waals surface area contributed by atoms with Crippen LogP contribution in [0.15, 0.2) is 84.7 Å². The molecule has 1 fully saturated rings. The summed E-state index contributed by atoms with van der Waals surface area (Å²) in [5.74, 6) is 0.562.